The van der Waals surface area contributed by atoms with Gasteiger partial charge in [-0.1, -0.05) is 17.7 Å². The number of rotatable bonds is 5. The highest BCUT2D eigenvalue weighted by Gasteiger charge is 2.16. The smallest absolute Gasteiger partial charge is 0.315 e. The summed E-state index contributed by atoms with van der Waals surface area (Å²) in [5.41, 5.74) is 2.73. The third kappa shape index (κ3) is 4.04. The summed E-state index contributed by atoms with van der Waals surface area (Å²) >= 11 is 5.91. The van der Waals surface area contributed by atoms with Crippen LogP contribution in [-0.4, -0.2) is 22.6 Å². The van der Waals surface area contributed by atoms with E-state index in [1.807, 2.05) is 55.6 Å². The number of carbonyl (C=O) groups is 1. The summed E-state index contributed by atoms with van der Waals surface area (Å²) < 4.78 is 12.4. The van der Waals surface area contributed by atoms with Gasteiger partial charge in [0.25, 0.3) is 0 Å². The van der Waals surface area contributed by atoms with Crippen LogP contribution in [0.2, 0.25) is 5.02 Å². The van der Waals surface area contributed by atoms with Gasteiger partial charge < -0.3 is 20.1 Å². The molecule has 1 aliphatic rings. The molecule has 2 amide bonds. The third-order valence-electron chi connectivity index (χ3n) is 4.42. The fourth-order valence-electron chi connectivity index (χ4n) is 2.88. The molecule has 0 saturated carbocycles. The maximum absolute atomic E-state index is 12.2. The first-order chi connectivity index (χ1) is 13.6. The number of hydrogen-bond donors (Lipinski definition) is 2. The lowest BCUT2D eigenvalue weighted by Gasteiger charge is -2.15. The quantitative estimate of drug-likeness (QED) is 0.685. The minimum Gasteiger partial charge on any atom is -0.454 e. The van der Waals surface area contributed by atoms with E-state index in [0.717, 1.165) is 22.6 Å². The molecule has 7 nitrogen and oxygen atoms in total. The van der Waals surface area contributed by atoms with E-state index in [-0.39, 0.29) is 18.9 Å². The number of benzene rings is 2. The molecule has 3 aromatic rings. The van der Waals surface area contributed by atoms with Crippen molar-refractivity contribution >= 4 is 17.6 Å². The first kappa shape index (κ1) is 18.2. The van der Waals surface area contributed by atoms with E-state index in [4.69, 9.17) is 21.1 Å². The molecular weight excluding hydrogens is 380 g/mol. The SMILES string of the molecule is CC(NC(=O)NCc1cnn(-c2ccc(Cl)cc2)c1)c1ccc2c(c1)OCO2. The normalized spacial score (nSPS) is 13.2. The van der Waals surface area contributed by atoms with Gasteiger partial charge in [-0.15, -0.1) is 0 Å². The molecule has 0 aliphatic carbocycles. The molecule has 1 aromatic heterocycles. The lowest BCUT2D eigenvalue weighted by molar-refractivity contribution is 0.174. The van der Waals surface area contributed by atoms with Gasteiger partial charge in [-0.25, -0.2) is 9.48 Å². The topological polar surface area (TPSA) is 77.4 Å². The van der Waals surface area contributed by atoms with Gasteiger partial charge in [0.2, 0.25) is 6.79 Å². The van der Waals surface area contributed by atoms with Gasteiger partial charge in [0.1, 0.15) is 0 Å². The van der Waals surface area contributed by atoms with Crippen LogP contribution in [0.5, 0.6) is 11.5 Å². The molecule has 2 N–H and O–H groups in total. The van der Waals surface area contributed by atoms with E-state index in [2.05, 4.69) is 15.7 Å². The fourth-order valence-corrected chi connectivity index (χ4v) is 3.01. The van der Waals surface area contributed by atoms with E-state index >= 15 is 0 Å². The van der Waals surface area contributed by atoms with Crippen molar-refractivity contribution in [2.75, 3.05) is 6.79 Å². The van der Waals surface area contributed by atoms with Gasteiger partial charge >= 0.3 is 6.03 Å². The Morgan fingerprint density at radius 3 is 2.82 bits per heavy atom. The van der Waals surface area contributed by atoms with Crippen LogP contribution in [0.3, 0.4) is 0 Å². The summed E-state index contributed by atoms with van der Waals surface area (Å²) in [6, 6.07) is 12.6. The second-order valence-electron chi connectivity index (χ2n) is 6.43. The lowest BCUT2D eigenvalue weighted by Crippen LogP contribution is -2.36. The number of ether oxygens (including phenoxy) is 2. The third-order valence-corrected chi connectivity index (χ3v) is 4.68. The molecule has 144 valence electrons. The van der Waals surface area contributed by atoms with Crippen molar-refractivity contribution in [3.8, 4) is 17.2 Å². The van der Waals surface area contributed by atoms with Crippen LogP contribution in [0, 0.1) is 0 Å². The molecule has 1 aliphatic heterocycles. The number of aromatic nitrogens is 2. The van der Waals surface area contributed by atoms with Crippen molar-refractivity contribution in [3.05, 3.63) is 71.0 Å². The summed E-state index contributed by atoms with van der Waals surface area (Å²) in [5, 5.41) is 10.7. The summed E-state index contributed by atoms with van der Waals surface area (Å²) in [6.45, 7) is 2.51. The van der Waals surface area contributed by atoms with Gasteiger partial charge in [0.15, 0.2) is 11.5 Å². The van der Waals surface area contributed by atoms with Crippen LogP contribution in [-0.2, 0) is 6.54 Å². The van der Waals surface area contributed by atoms with Crippen molar-refractivity contribution in [1.29, 1.82) is 0 Å². The summed E-state index contributed by atoms with van der Waals surface area (Å²) in [6.07, 6.45) is 3.58. The molecule has 8 heteroatoms. The van der Waals surface area contributed by atoms with Gasteiger partial charge in [-0.05, 0) is 48.9 Å². The van der Waals surface area contributed by atoms with Crippen molar-refractivity contribution in [3.63, 3.8) is 0 Å². The van der Waals surface area contributed by atoms with Crippen LogP contribution in [0.4, 0.5) is 4.79 Å². The molecule has 0 spiro atoms. The molecule has 0 saturated heterocycles. The van der Waals surface area contributed by atoms with Crippen molar-refractivity contribution < 1.29 is 14.3 Å². The second-order valence-corrected chi connectivity index (χ2v) is 6.87. The molecular formula is C20H19ClN4O3. The van der Waals surface area contributed by atoms with Crippen molar-refractivity contribution in [1.82, 2.24) is 20.4 Å². The van der Waals surface area contributed by atoms with Crippen LogP contribution in [0.15, 0.2) is 54.9 Å². The van der Waals surface area contributed by atoms with E-state index in [0.29, 0.717) is 17.3 Å². The Morgan fingerprint density at radius 1 is 1.21 bits per heavy atom. The molecule has 1 unspecified atom stereocenters. The number of hydrogen-bond acceptors (Lipinski definition) is 4. The highest BCUT2D eigenvalue weighted by Crippen LogP contribution is 2.34. The highest BCUT2D eigenvalue weighted by molar-refractivity contribution is 6.30. The van der Waals surface area contributed by atoms with Gasteiger partial charge in [-0.2, -0.15) is 5.10 Å². The Labute approximate surface area is 167 Å². The number of urea groups is 1. The van der Waals surface area contributed by atoms with Crippen LogP contribution in [0.25, 0.3) is 5.69 Å². The zero-order chi connectivity index (χ0) is 19.5. The molecule has 4 rings (SSSR count). The summed E-state index contributed by atoms with van der Waals surface area (Å²) in [7, 11) is 0. The Kier molecular flexibility index (Phi) is 5.08. The van der Waals surface area contributed by atoms with Gasteiger partial charge in [-0.3, -0.25) is 0 Å². The van der Waals surface area contributed by atoms with Crippen LogP contribution >= 0.6 is 11.6 Å². The summed E-state index contributed by atoms with van der Waals surface area (Å²) in [4.78, 5) is 12.2. The predicted octanol–water partition coefficient (Wildman–Crippen LogP) is 3.81. The average molecular weight is 399 g/mol. The van der Waals surface area contributed by atoms with E-state index in [1.165, 1.54) is 0 Å². The Balaban J connectivity index is 1.31. The Bertz CT molecular complexity index is 987. The molecule has 0 fully saturated rings. The number of fused-ring (bicyclic) bond motifs is 1. The number of halogens is 1. The number of nitrogens with one attached hydrogen (secondary N) is 2. The zero-order valence-electron chi connectivity index (χ0n) is 15.2. The number of carbonyl (C=O) groups excluding carboxylic acids is 1. The number of nitrogens with zero attached hydrogens (tertiary/aromatic N) is 2. The molecule has 1 atom stereocenters. The van der Waals surface area contributed by atoms with E-state index in [1.54, 1.807) is 10.9 Å². The molecule has 0 radical (unpaired) electrons. The molecule has 2 aromatic carbocycles. The fraction of sp³-hybridized carbons (Fsp3) is 0.200. The first-order valence-corrected chi connectivity index (χ1v) is 9.20. The first-order valence-electron chi connectivity index (χ1n) is 8.82. The standard InChI is InChI=1S/C20H19ClN4O3/c1-13(15-2-7-18-19(8-15)28-12-27-18)24-20(26)22-9-14-10-23-25(11-14)17-5-3-16(21)4-6-17/h2-8,10-11,13H,9,12H2,1H3,(H2,22,24,26). The minimum absolute atomic E-state index is 0.175. The van der Waals surface area contributed by atoms with Crippen molar-refractivity contribution in [2.24, 2.45) is 0 Å². The highest BCUT2D eigenvalue weighted by atomic mass is 35.5. The van der Waals surface area contributed by atoms with E-state index in [9.17, 15) is 4.79 Å². The van der Waals surface area contributed by atoms with Crippen molar-refractivity contribution in [2.45, 2.75) is 19.5 Å². The maximum atomic E-state index is 12.2. The van der Waals surface area contributed by atoms with Crippen LogP contribution in [0.1, 0.15) is 24.1 Å². The number of amides is 2. The van der Waals surface area contributed by atoms with E-state index < -0.39 is 0 Å². The van der Waals surface area contributed by atoms with Gasteiger partial charge in [0, 0.05) is 23.3 Å². The molecule has 28 heavy (non-hydrogen) atoms. The maximum Gasteiger partial charge on any atom is 0.315 e. The molecule has 0 bridgehead atoms. The largest absolute Gasteiger partial charge is 0.454 e. The average Bonchev–Trinajstić information content (AvgIpc) is 3.35. The lowest BCUT2D eigenvalue weighted by atomic mass is 10.1. The molecule has 2 heterocycles. The summed E-state index contributed by atoms with van der Waals surface area (Å²) in [5.74, 6) is 1.42. The minimum atomic E-state index is -0.260. The monoisotopic (exact) mass is 398 g/mol. The van der Waals surface area contributed by atoms with Crippen LogP contribution < -0.4 is 20.1 Å². The Hall–Kier alpha value is -3.19. The Morgan fingerprint density at radius 2 is 2.00 bits per heavy atom. The zero-order valence-corrected chi connectivity index (χ0v) is 15.9. The predicted molar refractivity (Wildman–Crippen MR) is 105 cm³/mol. The second kappa shape index (κ2) is 7.82. The van der Waals surface area contributed by atoms with Gasteiger partial charge in [0.05, 0.1) is 17.9 Å².